The first kappa shape index (κ1) is 8.47. The second kappa shape index (κ2) is 6.48. The van der Waals surface area contributed by atoms with Crippen molar-refractivity contribution in [3.63, 3.8) is 0 Å². The van der Waals surface area contributed by atoms with E-state index in [4.69, 9.17) is 18.9 Å². The van der Waals surface area contributed by atoms with E-state index in [0.717, 1.165) is 16.1 Å². The fraction of sp³-hybridized carbons (Fsp3) is 0.529. The Bertz CT molecular complexity index is 1100. The zero-order chi connectivity index (χ0) is 24.9. The smallest absolute Gasteiger partial charge is 0.302 e. The number of nitrogens with one attached hydrogen (secondary N) is 1. The van der Waals surface area contributed by atoms with Crippen molar-refractivity contribution < 1.29 is 17.1 Å². The molecular formula is C17H22N6O. The fourth-order valence-corrected chi connectivity index (χ4v) is 2.82. The number of fused-ring (bicyclic) bond motifs is 1. The Hall–Kier alpha value is -2.62. The van der Waals surface area contributed by atoms with Gasteiger partial charge in [0, 0.05) is 34.0 Å². The molecule has 3 rings (SSSR count). The van der Waals surface area contributed by atoms with E-state index in [0.29, 0.717) is 5.69 Å². The first-order chi connectivity index (χ1) is 15.1. The first-order valence-electron chi connectivity index (χ1n) is 11.9. The maximum absolute atomic E-state index is 12.6. The van der Waals surface area contributed by atoms with Crippen LogP contribution in [0.4, 0.5) is 5.82 Å². The monoisotopic (exact) mass is 335 g/mol. The normalized spacial score (nSPS) is 28.0. The Morgan fingerprint density at radius 2 is 2.58 bits per heavy atom. The van der Waals surface area contributed by atoms with E-state index in [1.54, 1.807) is 6.92 Å². The Balaban J connectivity index is 2.19. The molecule has 7 heteroatoms. The number of H-pyrrole nitrogens is 1. The number of aromatic nitrogens is 3. The molecule has 1 N–H and O–H groups in total. The zero-order valence-electron chi connectivity index (χ0n) is 22.0. The third-order valence-corrected chi connectivity index (χ3v) is 4.03. The molecule has 24 heavy (non-hydrogen) atoms. The van der Waals surface area contributed by atoms with Gasteiger partial charge < -0.3 is 19.6 Å². The molecule has 1 aliphatic rings. The third-order valence-electron chi connectivity index (χ3n) is 4.03. The number of hydrogen-bond donors (Lipinski definition) is 1. The minimum atomic E-state index is -2.92. The topological polar surface area (TPSA) is 69.5 Å². The second-order valence-corrected chi connectivity index (χ2v) is 5.60. The highest BCUT2D eigenvalue weighted by molar-refractivity contribution is 5.88. The first-order valence-corrected chi connectivity index (χ1v) is 7.36. The van der Waals surface area contributed by atoms with E-state index >= 15 is 0 Å². The van der Waals surface area contributed by atoms with Crippen LogP contribution in [0.3, 0.4) is 0 Å². The minimum Gasteiger partial charge on any atom is -0.354 e. The lowest BCUT2D eigenvalue weighted by molar-refractivity contribution is -0.130. The number of rotatable bonds is 3. The predicted molar refractivity (Wildman–Crippen MR) is 92.6 cm³/mol. The van der Waals surface area contributed by atoms with Crippen LogP contribution in [-0.2, 0) is 4.79 Å². The average molecular weight is 335 g/mol. The van der Waals surface area contributed by atoms with E-state index < -0.39 is 44.7 Å². The van der Waals surface area contributed by atoms with Crippen molar-refractivity contribution in [2.45, 2.75) is 26.2 Å². The van der Waals surface area contributed by atoms with Crippen LogP contribution < -0.4 is 4.90 Å². The highest BCUT2D eigenvalue weighted by Crippen LogP contribution is 2.29. The number of aryl methyl sites for hydroxylation is 1. The summed E-state index contributed by atoms with van der Waals surface area (Å²) in [6.45, 7) is -0.413. The fourth-order valence-electron chi connectivity index (χ4n) is 2.82. The maximum atomic E-state index is 12.6. The molecule has 0 unspecified atom stereocenters. The van der Waals surface area contributed by atoms with Gasteiger partial charge in [-0.2, -0.15) is 0 Å². The van der Waals surface area contributed by atoms with Crippen LogP contribution in [0, 0.1) is 19.4 Å². The van der Waals surface area contributed by atoms with Gasteiger partial charge >= 0.3 is 5.91 Å². The number of piperidine rings is 1. The van der Waals surface area contributed by atoms with Gasteiger partial charge in [0.15, 0.2) is 0 Å². The van der Waals surface area contributed by atoms with E-state index in [-0.39, 0.29) is 35.9 Å². The predicted octanol–water partition coefficient (Wildman–Crippen LogP) is 1.86. The Kier molecular flexibility index (Phi) is 2.29. The summed E-state index contributed by atoms with van der Waals surface area (Å²) in [5.41, 5.74) is 0.616. The van der Waals surface area contributed by atoms with E-state index in [1.165, 1.54) is 0 Å². The van der Waals surface area contributed by atoms with Gasteiger partial charge in [0.25, 0.3) is 6.50 Å². The number of likely N-dealkylation sites (tertiary alicyclic amines) is 1. The van der Waals surface area contributed by atoms with E-state index in [1.807, 2.05) is 0 Å². The van der Waals surface area contributed by atoms with Crippen LogP contribution in [0.2, 0.25) is 0 Å². The molecule has 1 saturated heterocycles. The lowest BCUT2D eigenvalue weighted by Gasteiger charge is -2.41. The number of nitrogens with zero attached hydrogens (tertiary/aromatic N) is 5. The van der Waals surface area contributed by atoms with Crippen molar-refractivity contribution in [2.24, 2.45) is 5.92 Å². The molecule has 3 heterocycles. The molecule has 2 aromatic rings. The number of carbonyl (C=O) groups is 1. The molecule has 1 aliphatic heterocycles. The maximum Gasteiger partial charge on any atom is 0.302 e. The van der Waals surface area contributed by atoms with Gasteiger partial charge in [-0.25, -0.2) is 16.5 Å². The van der Waals surface area contributed by atoms with Gasteiger partial charge in [-0.15, -0.1) is 0 Å². The zero-order valence-corrected chi connectivity index (χ0v) is 13.0. The molecule has 0 bridgehead atoms. The number of anilines is 1. The minimum absolute atomic E-state index is 0.0478. The molecule has 0 radical (unpaired) electrons. The molecule has 0 aromatic carbocycles. The summed E-state index contributed by atoms with van der Waals surface area (Å²) in [6.07, 6.45) is 0.959. The van der Waals surface area contributed by atoms with Crippen LogP contribution in [-0.4, -0.2) is 58.4 Å². The highest BCUT2D eigenvalue weighted by Gasteiger charge is 2.33. The molecular weight excluding hydrogens is 304 g/mol. The van der Waals surface area contributed by atoms with Gasteiger partial charge in [-0.3, -0.25) is 4.79 Å². The lowest BCUT2D eigenvalue weighted by atomic mass is 9.92. The molecule has 1 fully saturated rings. The van der Waals surface area contributed by atoms with E-state index in [2.05, 4.69) is 19.8 Å². The van der Waals surface area contributed by atoms with Gasteiger partial charge in [-0.05, 0) is 25.3 Å². The Morgan fingerprint density at radius 1 is 1.71 bits per heavy atom. The quantitative estimate of drug-likeness (QED) is 0.869. The van der Waals surface area contributed by atoms with Gasteiger partial charge in [0.2, 0.25) is 0 Å². The number of amides is 1. The third kappa shape index (κ3) is 2.92. The van der Waals surface area contributed by atoms with Crippen molar-refractivity contribution in [1.82, 2.24) is 19.9 Å². The molecule has 2 aromatic heterocycles. The number of likely N-dealkylation sites (N-methyl/N-ethyl adjacent to an activating group) is 1. The number of hydrogen-bond acceptors (Lipinski definition) is 4. The van der Waals surface area contributed by atoms with Crippen molar-refractivity contribution in [3.05, 3.63) is 29.5 Å². The summed E-state index contributed by atoms with van der Waals surface area (Å²) in [6, 6.07) is -1.37. The van der Waals surface area contributed by atoms with Crippen molar-refractivity contribution in [1.29, 1.82) is 0 Å². The van der Waals surface area contributed by atoms with Crippen LogP contribution in [0.1, 0.15) is 31.3 Å². The Labute approximate surface area is 154 Å². The van der Waals surface area contributed by atoms with Gasteiger partial charge in [0.05, 0.1) is 12.8 Å². The summed E-state index contributed by atoms with van der Waals surface area (Å²) < 4.78 is 72.0. The van der Waals surface area contributed by atoms with Crippen molar-refractivity contribution in [3.8, 4) is 0 Å². The van der Waals surface area contributed by atoms with Crippen LogP contribution >= 0.6 is 0 Å². The lowest BCUT2D eigenvalue weighted by Crippen LogP contribution is -2.53. The van der Waals surface area contributed by atoms with E-state index in [9.17, 15) is 4.79 Å². The summed E-state index contributed by atoms with van der Waals surface area (Å²) in [4.78, 5) is 28.1. The highest BCUT2D eigenvalue weighted by atomic mass is 16.2. The largest absolute Gasteiger partial charge is 0.354 e. The van der Waals surface area contributed by atoms with Gasteiger partial charge in [-0.1, -0.05) is 6.85 Å². The SMILES string of the molecule is [2H]c1c(C)[nH]c2ncnc(N([C@H]3CN(C(=O)C([2H])([2H])[N+]#[C-])CC[C@H]3C([2H])([2H])[2H])C([2H])([2H])[2H])c12. The molecule has 7 nitrogen and oxygen atoms in total. The molecule has 0 spiro atoms. The standard InChI is InChI=1S/C17H22N6O/c1-11-5-6-23(15(24)8-18-3)9-14(11)22(4)17-13-7-12(2)21-16(13)19-10-20-17/h7,10-11,14H,5-6,8-9H2,1-2,4H3,(H,19,20,21)/t11-,14+/m1/s1/i1D3,4D3,7D,8D2. The summed E-state index contributed by atoms with van der Waals surface area (Å²) in [5.74, 6) is -2.54. The number of carbonyl (C=O) groups excluding carboxylic acids is 1. The van der Waals surface area contributed by atoms with Gasteiger partial charge in [0.1, 0.15) is 20.5 Å². The Morgan fingerprint density at radius 3 is 3.33 bits per heavy atom. The summed E-state index contributed by atoms with van der Waals surface area (Å²) in [7, 11) is 0. The molecule has 1 amide bonds. The number of aromatic amines is 1. The van der Waals surface area contributed by atoms with Crippen LogP contribution in [0.5, 0.6) is 0 Å². The summed E-state index contributed by atoms with van der Waals surface area (Å²) >= 11 is 0. The van der Waals surface area contributed by atoms with Crippen LogP contribution in [0.25, 0.3) is 15.9 Å². The second-order valence-electron chi connectivity index (χ2n) is 5.60. The average Bonchev–Trinajstić information content (AvgIpc) is 3.00. The molecule has 2 atom stereocenters. The van der Waals surface area contributed by atoms with Crippen molar-refractivity contribution in [2.75, 3.05) is 31.5 Å². The molecule has 126 valence electrons. The van der Waals surface area contributed by atoms with Crippen LogP contribution in [0.15, 0.2) is 12.4 Å². The van der Waals surface area contributed by atoms with Crippen molar-refractivity contribution >= 4 is 22.8 Å². The molecule has 0 saturated carbocycles. The summed E-state index contributed by atoms with van der Waals surface area (Å²) in [5, 5.41) is 0.0929. The molecule has 0 aliphatic carbocycles.